The van der Waals surface area contributed by atoms with Crippen LogP contribution in [0.25, 0.3) is 0 Å². The molecular formula is C12H15BrN2O2. The smallest absolute Gasteiger partial charge is 0.255 e. The third-order valence-corrected chi connectivity index (χ3v) is 3.57. The summed E-state index contributed by atoms with van der Waals surface area (Å²) < 4.78 is 5.60. The highest BCUT2D eigenvalue weighted by Gasteiger charge is 2.29. The predicted octanol–water partition coefficient (Wildman–Crippen LogP) is 1.71. The van der Waals surface area contributed by atoms with E-state index in [0.29, 0.717) is 18.7 Å². The maximum Gasteiger partial charge on any atom is 0.255 e. The van der Waals surface area contributed by atoms with Gasteiger partial charge in [0.1, 0.15) is 0 Å². The second kappa shape index (κ2) is 5.60. The van der Waals surface area contributed by atoms with Gasteiger partial charge in [0.25, 0.3) is 5.91 Å². The Hall–Kier alpha value is -0.940. The number of carbonyl (C=O) groups is 1. The van der Waals surface area contributed by atoms with Crippen molar-refractivity contribution in [1.29, 1.82) is 0 Å². The summed E-state index contributed by atoms with van der Waals surface area (Å²) in [6.07, 6.45) is 3.35. The molecule has 4 nitrogen and oxygen atoms in total. The predicted molar refractivity (Wildman–Crippen MR) is 68.3 cm³/mol. The average molecular weight is 299 g/mol. The van der Waals surface area contributed by atoms with Crippen LogP contribution in [0.15, 0.2) is 24.5 Å². The molecule has 2 atom stereocenters. The lowest BCUT2D eigenvalue weighted by Crippen LogP contribution is -2.51. The summed E-state index contributed by atoms with van der Waals surface area (Å²) in [7, 11) is 0. The molecule has 0 aliphatic carbocycles. The normalized spacial score (nSPS) is 24.7. The van der Waals surface area contributed by atoms with Crippen molar-refractivity contribution in [2.45, 2.75) is 19.1 Å². The first kappa shape index (κ1) is 12.5. The van der Waals surface area contributed by atoms with Crippen LogP contribution in [0.5, 0.6) is 0 Å². The Morgan fingerprint density at radius 1 is 1.71 bits per heavy atom. The molecule has 1 aromatic heterocycles. The second-order valence-electron chi connectivity index (χ2n) is 4.16. The van der Waals surface area contributed by atoms with Crippen molar-refractivity contribution in [2.75, 3.05) is 18.5 Å². The van der Waals surface area contributed by atoms with Crippen LogP contribution in [-0.2, 0) is 4.74 Å². The van der Waals surface area contributed by atoms with E-state index in [-0.39, 0.29) is 18.1 Å². The number of pyridine rings is 1. The van der Waals surface area contributed by atoms with Crippen molar-refractivity contribution in [3.63, 3.8) is 0 Å². The Labute approximate surface area is 109 Å². The van der Waals surface area contributed by atoms with Gasteiger partial charge in [-0.05, 0) is 19.1 Å². The highest BCUT2D eigenvalue weighted by molar-refractivity contribution is 9.09. The van der Waals surface area contributed by atoms with Crippen LogP contribution >= 0.6 is 15.9 Å². The number of nitrogens with zero attached hydrogens (tertiary/aromatic N) is 2. The van der Waals surface area contributed by atoms with E-state index >= 15 is 0 Å². The van der Waals surface area contributed by atoms with E-state index < -0.39 is 0 Å². The molecule has 92 valence electrons. The minimum absolute atomic E-state index is 0.0276. The summed E-state index contributed by atoms with van der Waals surface area (Å²) in [4.78, 5) is 18.1. The van der Waals surface area contributed by atoms with E-state index in [9.17, 15) is 4.79 Å². The molecule has 17 heavy (non-hydrogen) atoms. The number of rotatable bonds is 2. The lowest BCUT2D eigenvalue weighted by molar-refractivity contribution is -0.0361. The maximum absolute atomic E-state index is 12.3. The molecule has 0 N–H and O–H groups in total. The second-order valence-corrected chi connectivity index (χ2v) is 4.81. The van der Waals surface area contributed by atoms with Crippen molar-refractivity contribution in [1.82, 2.24) is 9.88 Å². The van der Waals surface area contributed by atoms with E-state index in [0.717, 1.165) is 5.33 Å². The zero-order valence-corrected chi connectivity index (χ0v) is 11.3. The molecular weight excluding hydrogens is 284 g/mol. The van der Waals surface area contributed by atoms with Gasteiger partial charge in [-0.2, -0.15) is 0 Å². The van der Waals surface area contributed by atoms with Crippen LogP contribution in [0.3, 0.4) is 0 Å². The fourth-order valence-electron chi connectivity index (χ4n) is 1.85. The molecule has 1 aliphatic heterocycles. The third kappa shape index (κ3) is 2.84. The summed E-state index contributed by atoms with van der Waals surface area (Å²) in [6, 6.07) is 3.68. The van der Waals surface area contributed by atoms with Gasteiger partial charge in [0, 0.05) is 24.3 Å². The number of aromatic nitrogens is 1. The number of halogens is 1. The highest BCUT2D eigenvalue weighted by Crippen LogP contribution is 2.16. The Morgan fingerprint density at radius 3 is 3.18 bits per heavy atom. The van der Waals surface area contributed by atoms with Gasteiger partial charge in [0.2, 0.25) is 0 Å². The summed E-state index contributed by atoms with van der Waals surface area (Å²) in [5, 5.41) is 0.747. The maximum atomic E-state index is 12.3. The summed E-state index contributed by atoms with van der Waals surface area (Å²) in [5.41, 5.74) is 0.634. The van der Waals surface area contributed by atoms with Crippen molar-refractivity contribution >= 4 is 21.8 Å². The van der Waals surface area contributed by atoms with Gasteiger partial charge in [-0.25, -0.2) is 0 Å². The minimum Gasteiger partial charge on any atom is -0.373 e. The molecule has 1 aliphatic rings. The summed E-state index contributed by atoms with van der Waals surface area (Å²) >= 11 is 3.39. The van der Waals surface area contributed by atoms with Crippen molar-refractivity contribution in [3.8, 4) is 0 Å². The molecule has 1 amide bonds. The van der Waals surface area contributed by atoms with Crippen LogP contribution in [0.2, 0.25) is 0 Å². The fourth-order valence-corrected chi connectivity index (χ4v) is 2.24. The van der Waals surface area contributed by atoms with Gasteiger partial charge in [0.15, 0.2) is 0 Å². The van der Waals surface area contributed by atoms with Crippen LogP contribution in [0.1, 0.15) is 17.3 Å². The molecule has 1 saturated heterocycles. The molecule has 0 saturated carbocycles. The first-order valence-corrected chi connectivity index (χ1v) is 6.73. The van der Waals surface area contributed by atoms with Crippen LogP contribution in [-0.4, -0.2) is 46.4 Å². The van der Waals surface area contributed by atoms with E-state index in [4.69, 9.17) is 4.74 Å². The van der Waals surface area contributed by atoms with E-state index in [1.165, 1.54) is 0 Å². The lowest BCUT2D eigenvalue weighted by Gasteiger charge is -2.37. The number of hydrogen-bond acceptors (Lipinski definition) is 3. The molecule has 2 unspecified atom stereocenters. The molecule has 1 aromatic rings. The zero-order chi connectivity index (χ0) is 12.3. The first-order chi connectivity index (χ1) is 8.22. The topological polar surface area (TPSA) is 42.4 Å². The molecule has 0 aromatic carbocycles. The summed E-state index contributed by atoms with van der Waals surface area (Å²) in [6.45, 7) is 3.21. The Morgan fingerprint density at radius 2 is 2.53 bits per heavy atom. The SMILES string of the molecule is CC1COC(CBr)CN1C(=O)c1cccnc1. The molecule has 2 rings (SSSR count). The van der Waals surface area contributed by atoms with Gasteiger partial charge in [-0.1, -0.05) is 15.9 Å². The number of morpholine rings is 1. The Bertz CT molecular complexity index is 385. The number of ether oxygens (including phenoxy) is 1. The van der Waals surface area contributed by atoms with E-state index in [1.54, 1.807) is 24.5 Å². The number of alkyl halides is 1. The summed E-state index contributed by atoms with van der Waals surface area (Å²) in [5.74, 6) is 0.0276. The molecule has 0 spiro atoms. The third-order valence-electron chi connectivity index (χ3n) is 2.85. The monoisotopic (exact) mass is 298 g/mol. The Kier molecular flexibility index (Phi) is 4.12. The first-order valence-electron chi connectivity index (χ1n) is 5.61. The van der Waals surface area contributed by atoms with Crippen LogP contribution in [0, 0.1) is 0 Å². The number of carbonyl (C=O) groups excluding carboxylic acids is 1. The van der Waals surface area contributed by atoms with Crippen molar-refractivity contribution in [3.05, 3.63) is 30.1 Å². The molecule has 1 fully saturated rings. The van der Waals surface area contributed by atoms with Gasteiger partial charge in [-0.3, -0.25) is 9.78 Å². The van der Waals surface area contributed by atoms with Crippen LogP contribution in [0.4, 0.5) is 0 Å². The molecule has 0 bridgehead atoms. The number of hydrogen-bond donors (Lipinski definition) is 0. The average Bonchev–Trinajstić information content (AvgIpc) is 2.39. The Balaban J connectivity index is 2.12. The fraction of sp³-hybridized carbons (Fsp3) is 0.500. The quantitative estimate of drug-likeness (QED) is 0.781. The lowest BCUT2D eigenvalue weighted by atomic mass is 10.1. The number of amides is 1. The van der Waals surface area contributed by atoms with Crippen molar-refractivity contribution < 1.29 is 9.53 Å². The minimum atomic E-state index is 0.0276. The van der Waals surface area contributed by atoms with Gasteiger partial charge in [0.05, 0.1) is 24.3 Å². The van der Waals surface area contributed by atoms with E-state index in [2.05, 4.69) is 20.9 Å². The standard InChI is InChI=1S/C12H15BrN2O2/c1-9-8-17-11(5-13)7-15(9)12(16)10-3-2-4-14-6-10/h2-4,6,9,11H,5,7-8H2,1H3. The largest absolute Gasteiger partial charge is 0.373 e. The molecule has 5 heteroatoms. The molecule has 0 radical (unpaired) electrons. The van der Waals surface area contributed by atoms with Crippen LogP contribution < -0.4 is 0 Å². The highest BCUT2D eigenvalue weighted by atomic mass is 79.9. The van der Waals surface area contributed by atoms with E-state index in [1.807, 2.05) is 11.8 Å². The zero-order valence-electron chi connectivity index (χ0n) is 9.67. The van der Waals surface area contributed by atoms with Gasteiger partial charge >= 0.3 is 0 Å². The van der Waals surface area contributed by atoms with Crippen molar-refractivity contribution in [2.24, 2.45) is 0 Å². The van der Waals surface area contributed by atoms with Gasteiger partial charge < -0.3 is 9.64 Å². The molecule has 2 heterocycles. The van der Waals surface area contributed by atoms with Gasteiger partial charge in [-0.15, -0.1) is 0 Å².